The second-order valence-corrected chi connectivity index (χ2v) is 6.31. The lowest BCUT2D eigenvalue weighted by Crippen LogP contribution is -2.27. The molecule has 1 N–H and O–H groups in total. The lowest BCUT2D eigenvalue weighted by atomic mass is 10.1. The molecule has 1 aliphatic carbocycles. The second-order valence-electron chi connectivity index (χ2n) is 5.05. The fourth-order valence-corrected chi connectivity index (χ4v) is 2.82. The third kappa shape index (κ3) is 3.05. The van der Waals surface area contributed by atoms with Gasteiger partial charge in [0.25, 0.3) is 0 Å². The summed E-state index contributed by atoms with van der Waals surface area (Å²) in [7, 11) is 0. The third-order valence-corrected chi connectivity index (χ3v) is 4.38. The summed E-state index contributed by atoms with van der Waals surface area (Å²) in [5.41, 5.74) is 0. The first kappa shape index (κ1) is 12.1. The van der Waals surface area contributed by atoms with E-state index in [0.29, 0.717) is 6.04 Å². The molecule has 16 heavy (non-hydrogen) atoms. The van der Waals surface area contributed by atoms with Gasteiger partial charge < -0.3 is 5.32 Å². The van der Waals surface area contributed by atoms with Crippen molar-refractivity contribution in [1.82, 2.24) is 10.3 Å². The van der Waals surface area contributed by atoms with Gasteiger partial charge in [-0.2, -0.15) is 0 Å². The standard InChI is InChI=1S/C13H22N2S/c1-4-9(2)7-14-12(11-5-6-11)13-15-8-10(3)16-13/h8-9,11-12,14H,4-7H2,1-3H3. The highest BCUT2D eigenvalue weighted by Crippen LogP contribution is 2.42. The molecule has 0 saturated heterocycles. The summed E-state index contributed by atoms with van der Waals surface area (Å²) in [4.78, 5) is 5.86. The van der Waals surface area contributed by atoms with Crippen LogP contribution in [0.3, 0.4) is 0 Å². The van der Waals surface area contributed by atoms with E-state index < -0.39 is 0 Å². The summed E-state index contributed by atoms with van der Waals surface area (Å²) in [6, 6.07) is 0.521. The number of hydrogen-bond acceptors (Lipinski definition) is 3. The summed E-state index contributed by atoms with van der Waals surface area (Å²) in [6.45, 7) is 7.83. The quantitative estimate of drug-likeness (QED) is 0.820. The summed E-state index contributed by atoms with van der Waals surface area (Å²) < 4.78 is 0. The van der Waals surface area contributed by atoms with Gasteiger partial charge in [0.15, 0.2) is 0 Å². The van der Waals surface area contributed by atoms with Gasteiger partial charge in [-0.25, -0.2) is 4.98 Å². The van der Waals surface area contributed by atoms with Crippen LogP contribution in [-0.4, -0.2) is 11.5 Å². The van der Waals surface area contributed by atoms with Crippen molar-refractivity contribution in [2.24, 2.45) is 11.8 Å². The zero-order valence-corrected chi connectivity index (χ0v) is 11.3. The maximum atomic E-state index is 4.54. The van der Waals surface area contributed by atoms with Crippen LogP contribution in [0.2, 0.25) is 0 Å². The Labute approximate surface area is 102 Å². The van der Waals surface area contributed by atoms with Crippen LogP contribution in [-0.2, 0) is 0 Å². The minimum atomic E-state index is 0.521. The van der Waals surface area contributed by atoms with Crippen LogP contribution in [0, 0.1) is 18.8 Å². The van der Waals surface area contributed by atoms with Crippen molar-refractivity contribution in [1.29, 1.82) is 0 Å². The molecule has 1 aromatic heterocycles. The third-order valence-electron chi connectivity index (χ3n) is 3.38. The second kappa shape index (κ2) is 5.28. The minimum Gasteiger partial charge on any atom is -0.307 e. The summed E-state index contributed by atoms with van der Waals surface area (Å²) >= 11 is 1.85. The highest BCUT2D eigenvalue weighted by molar-refractivity contribution is 7.11. The number of aryl methyl sites for hydroxylation is 1. The van der Waals surface area contributed by atoms with E-state index in [2.05, 4.69) is 31.1 Å². The molecule has 0 radical (unpaired) electrons. The molecule has 2 atom stereocenters. The normalized spacial score (nSPS) is 19.7. The summed E-state index contributed by atoms with van der Waals surface area (Å²) in [5, 5.41) is 5.00. The molecule has 90 valence electrons. The van der Waals surface area contributed by atoms with Gasteiger partial charge in [0.2, 0.25) is 0 Å². The van der Waals surface area contributed by atoms with Crippen molar-refractivity contribution in [2.45, 2.75) is 46.1 Å². The number of thiazole rings is 1. The molecular weight excluding hydrogens is 216 g/mol. The van der Waals surface area contributed by atoms with Crippen LogP contribution < -0.4 is 5.32 Å². The first-order chi connectivity index (χ1) is 7.70. The highest BCUT2D eigenvalue weighted by Gasteiger charge is 2.33. The van der Waals surface area contributed by atoms with Gasteiger partial charge in [-0.1, -0.05) is 20.3 Å². The van der Waals surface area contributed by atoms with Crippen molar-refractivity contribution in [3.8, 4) is 0 Å². The van der Waals surface area contributed by atoms with Crippen LogP contribution in [0.4, 0.5) is 0 Å². The van der Waals surface area contributed by atoms with Crippen LogP contribution in [0.15, 0.2) is 6.20 Å². The molecule has 0 aliphatic heterocycles. The van der Waals surface area contributed by atoms with Crippen molar-refractivity contribution >= 4 is 11.3 Å². The SMILES string of the molecule is CCC(C)CNC(c1ncc(C)s1)C1CC1. The Morgan fingerprint density at radius 2 is 2.31 bits per heavy atom. The molecule has 1 heterocycles. The van der Waals surface area contributed by atoms with Gasteiger partial charge in [0.1, 0.15) is 5.01 Å². The Morgan fingerprint density at radius 3 is 2.81 bits per heavy atom. The van der Waals surface area contributed by atoms with Crippen molar-refractivity contribution in [3.05, 3.63) is 16.1 Å². The van der Waals surface area contributed by atoms with Gasteiger partial charge in [0.05, 0.1) is 6.04 Å². The minimum absolute atomic E-state index is 0.521. The fourth-order valence-electron chi connectivity index (χ4n) is 1.87. The number of rotatable bonds is 6. The molecule has 0 amide bonds. The van der Waals surface area contributed by atoms with E-state index in [1.54, 1.807) is 0 Å². The molecular formula is C13H22N2S. The fraction of sp³-hybridized carbons (Fsp3) is 0.769. The van der Waals surface area contributed by atoms with Crippen LogP contribution >= 0.6 is 11.3 Å². The highest BCUT2D eigenvalue weighted by atomic mass is 32.1. The maximum Gasteiger partial charge on any atom is 0.110 e. The Hall–Kier alpha value is -0.410. The first-order valence-electron chi connectivity index (χ1n) is 6.36. The number of nitrogens with zero attached hydrogens (tertiary/aromatic N) is 1. The molecule has 2 rings (SSSR count). The number of hydrogen-bond donors (Lipinski definition) is 1. The van der Waals surface area contributed by atoms with E-state index in [1.807, 2.05) is 17.5 Å². The molecule has 1 aromatic rings. The van der Waals surface area contributed by atoms with Gasteiger partial charge >= 0.3 is 0 Å². The molecule has 0 spiro atoms. The number of aromatic nitrogens is 1. The topological polar surface area (TPSA) is 24.9 Å². The van der Waals surface area contributed by atoms with Crippen LogP contribution in [0.1, 0.15) is 49.0 Å². The maximum absolute atomic E-state index is 4.54. The smallest absolute Gasteiger partial charge is 0.110 e. The molecule has 1 fully saturated rings. The Morgan fingerprint density at radius 1 is 1.56 bits per heavy atom. The van der Waals surface area contributed by atoms with E-state index >= 15 is 0 Å². The Balaban J connectivity index is 1.95. The summed E-state index contributed by atoms with van der Waals surface area (Å²) in [5.74, 6) is 1.61. The molecule has 2 unspecified atom stereocenters. The predicted octanol–water partition coefficient (Wildman–Crippen LogP) is 3.54. The van der Waals surface area contributed by atoms with E-state index in [4.69, 9.17) is 0 Å². The average Bonchev–Trinajstić information content (AvgIpc) is 3.02. The molecule has 1 aliphatic rings. The van der Waals surface area contributed by atoms with Crippen molar-refractivity contribution in [2.75, 3.05) is 6.54 Å². The van der Waals surface area contributed by atoms with E-state index in [-0.39, 0.29) is 0 Å². The zero-order valence-electron chi connectivity index (χ0n) is 10.5. The monoisotopic (exact) mass is 238 g/mol. The van der Waals surface area contributed by atoms with E-state index in [9.17, 15) is 0 Å². The molecule has 0 bridgehead atoms. The first-order valence-corrected chi connectivity index (χ1v) is 7.18. The van der Waals surface area contributed by atoms with Crippen LogP contribution in [0.5, 0.6) is 0 Å². The van der Waals surface area contributed by atoms with Crippen LogP contribution in [0.25, 0.3) is 0 Å². The molecule has 1 saturated carbocycles. The Kier molecular flexibility index (Phi) is 3.98. The largest absolute Gasteiger partial charge is 0.307 e. The van der Waals surface area contributed by atoms with E-state index in [1.165, 1.54) is 29.1 Å². The predicted molar refractivity (Wildman–Crippen MR) is 69.8 cm³/mol. The summed E-state index contributed by atoms with van der Waals surface area (Å²) in [6.07, 6.45) is 6.00. The lowest BCUT2D eigenvalue weighted by molar-refractivity contribution is 0.416. The Bertz CT molecular complexity index is 330. The molecule has 2 nitrogen and oxygen atoms in total. The molecule has 0 aromatic carbocycles. The number of nitrogens with one attached hydrogen (secondary N) is 1. The van der Waals surface area contributed by atoms with Gasteiger partial charge in [-0.05, 0) is 38.1 Å². The zero-order chi connectivity index (χ0) is 11.5. The van der Waals surface area contributed by atoms with E-state index in [0.717, 1.165) is 18.4 Å². The lowest BCUT2D eigenvalue weighted by Gasteiger charge is -2.18. The average molecular weight is 238 g/mol. The van der Waals surface area contributed by atoms with Gasteiger partial charge in [-0.3, -0.25) is 0 Å². The van der Waals surface area contributed by atoms with Gasteiger partial charge in [0, 0.05) is 11.1 Å². The van der Waals surface area contributed by atoms with Crippen molar-refractivity contribution in [3.63, 3.8) is 0 Å². The van der Waals surface area contributed by atoms with Crippen molar-refractivity contribution < 1.29 is 0 Å². The molecule has 3 heteroatoms. The van der Waals surface area contributed by atoms with Gasteiger partial charge in [-0.15, -0.1) is 11.3 Å².